The Morgan fingerprint density at radius 1 is 1.13 bits per heavy atom. The van der Waals surface area contributed by atoms with E-state index in [1.165, 1.54) is 0 Å². The highest BCUT2D eigenvalue weighted by molar-refractivity contribution is 8.12. The maximum absolute atomic E-state index is 11.9. The number of nitrogens with one attached hydrogen (secondary N) is 1. The molecule has 5 N–H and O–H groups in total. The fourth-order valence-electron chi connectivity index (χ4n) is 1.69. The molecule has 0 fully saturated rings. The van der Waals surface area contributed by atoms with Crippen LogP contribution < -0.4 is 11.1 Å². The van der Waals surface area contributed by atoms with Crippen molar-refractivity contribution in [2.75, 3.05) is 5.75 Å². The van der Waals surface area contributed by atoms with E-state index in [2.05, 4.69) is 17.9 Å². The van der Waals surface area contributed by atoms with Crippen LogP contribution in [0.15, 0.2) is 30.3 Å². The molecule has 0 radical (unpaired) electrons. The minimum atomic E-state index is -1.30. The number of carboxylic acids is 2. The first kappa shape index (κ1) is 27.8. The van der Waals surface area contributed by atoms with E-state index < -0.39 is 35.7 Å². The molecule has 0 aromatic heterocycles. The summed E-state index contributed by atoms with van der Waals surface area (Å²) >= 11 is 4.67. The van der Waals surface area contributed by atoms with Crippen molar-refractivity contribution >= 4 is 47.5 Å². The number of hydrogen-bond donors (Lipinski definition) is 5. The molecule has 0 spiro atoms. The molecule has 1 aromatic carbocycles. The summed E-state index contributed by atoms with van der Waals surface area (Å²) < 4.78 is 5.00. The Morgan fingerprint density at radius 2 is 1.70 bits per heavy atom. The number of thioether (sulfide) groups is 1. The van der Waals surface area contributed by atoms with Crippen LogP contribution in [0.25, 0.3) is 0 Å². The van der Waals surface area contributed by atoms with Gasteiger partial charge in [0.25, 0.3) is 0 Å². The summed E-state index contributed by atoms with van der Waals surface area (Å²) in [6, 6.07) is 7.25. The number of thiol groups is 1. The van der Waals surface area contributed by atoms with Gasteiger partial charge in [-0.2, -0.15) is 12.6 Å². The quantitative estimate of drug-likeness (QED) is 0.367. The highest BCUT2D eigenvalue weighted by Crippen LogP contribution is 2.16. The smallest absolute Gasteiger partial charge is 0.408 e. The molecule has 168 valence electrons. The van der Waals surface area contributed by atoms with E-state index in [-0.39, 0.29) is 17.3 Å². The first-order valence-corrected chi connectivity index (χ1v) is 10.5. The van der Waals surface area contributed by atoms with E-state index in [0.29, 0.717) is 5.75 Å². The fourth-order valence-corrected chi connectivity index (χ4v) is 2.65. The molecule has 0 aliphatic rings. The van der Waals surface area contributed by atoms with Gasteiger partial charge in [-0.1, -0.05) is 42.1 Å². The van der Waals surface area contributed by atoms with Gasteiger partial charge in [-0.15, -0.1) is 0 Å². The molecule has 2 unspecified atom stereocenters. The van der Waals surface area contributed by atoms with Crippen LogP contribution in [0.2, 0.25) is 0 Å². The van der Waals surface area contributed by atoms with Gasteiger partial charge in [-0.05, 0) is 26.3 Å². The third kappa shape index (κ3) is 13.9. The lowest BCUT2D eigenvalue weighted by molar-refractivity contribution is -0.140. The predicted octanol–water partition coefficient (Wildman–Crippen LogP) is 2.14. The minimum absolute atomic E-state index is 0.190. The second-order valence-corrected chi connectivity index (χ2v) is 8.41. The van der Waals surface area contributed by atoms with E-state index in [4.69, 9.17) is 20.7 Å². The van der Waals surface area contributed by atoms with E-state index in [0.717, 1.165) is 17.3 Å². The summed E-state index contributed by atoms with van der Waals surface area (Å²) in [7, 11) is 0. The van der Waals surface area contributed by atoms with Gasteiger partial charge in [0, 0.05) is 17.9 Å². The average Bonchev–Trinajstić information content (AvgIpc) is 2.64. The molecular formula is C19H28N2O7S2. The van der Waals surface area contributed by atoms with Crippen LogP contribution in [-0.4, -0.2) is 56.8 Å². The number of carboxylic acid groups (broad SMARTS) is 2. The topological polar surface area (TPSA) is 156 Å². The van der Waals surface area contributed by atoms with Gasteiger partial charge in [0.1, 0.15) is 17.7 Å². The zero-order valence-electron chi connectivity index (χ0n) is 17.0. The second-order valence-electron chi connectivity index (χ2n) is 7.01. The minimum Gasteiger partial charge on any atom is -0.480 e. The molecule has 1 rings (SSSR count). The summed E-state index contributed by atoms with van der Waals surface area (Å²) in [5.74, 6) is -1.63. The van der Waals surface area contributed by atoms with Gasteiger partial charge in [0.2, 0.25) is 0 Å². The monoisotopic (exact) mass is 460 g/mol. The molecular weight excluding hydrogens is 432 g/mol. The average molecular weight is 461 g/mol. The molecule has 0 aliphatic carbocycles. The summed E-state index contributed by atoms with van der Waals surface area (Å²) in [6.07, 6.45) is -1.16. The predicted molar refractivity (Wildman–Crippen MR) is 118 cm³/mol. The summed E-state index contributed by atoms with van der Waals surface area (Å²) in [4.78, 5) is 44.5. The van der Waals surface area contributed by atoms with Gasteiger partial charge >= 0.3 is 18.0 Å². The molecule has 11 heteroatoms. The van der Waals surface area contributed by atoms with Crippen molar-refractivity contribution in [2.24, 2.45) is 5.73 Å². The van der Waals surface area contributed by atoms with Crippen LogP contribution in [0.3, 0.4) is 0 Å². The number of aliphatic carboxylic acids is 2. The van der Waals surface area contributed by atoms with Crippen molar-refractivity contribution in [3.05, 3.63) is 35.9 Å². The van der Waals surface area contributed by atoms with E-state index in [1.807, 2.05) is 30.3 Å². The number of amides is 1. The zero-order valence-corrected chi connectivity index (χ0v) is 18.7. The number of hydrogen-bond acceptors (Lipinski definition) is 8. The lowest BCUT2D eigenvalue weighted by atomic mass is 10.2. The van der Waals surface area contributed by atoms with Crippen molar-refractivity contribution in [3.63, 3.8) is 0 Å². The molecule has 0 saturated carbocycles. The maximum atomic E-state index is 11.9. The molecule has 2 atom stereocenters. The Balaban J connectivity index is 0.00000103. The number of carbonyl (C=O) groups is 4. The SMILES string of the molecule is CC(C)(C)OC(=O)NC(CC(=O)SCc1ccccc1)C(=O)O.NC(CS)C(=O)O. The third-order valence-corrected chi connectivity index (χ3v) is 4.48. The van der Waals surface area contributed by atoms with Gasteiger partial charge in [0.05, 0.1) is 0 Å². The highest BCUT2D eigenvalue weighted by atomic mass is 32.2. The number of nitrogens with two attached hydrogens (primary N) is 1. The van der Waals surface area contributed by atoms with Gasteiger partial charge < -0.3 is 26.0 Å². The van der Waals surface area contributed by atoms with Gasteiger partial charge in [-0.3, -0.25) is 9.59 Å². The lowest BCUT2D eigenvalue weighted by Crippen LogP contribution is -2.44. The van der Waals surface area contributed by atoms with E-state index in [9.17, 15) is 19.2 Å². The Hall–Kier alpha value is -2.24. The van der Waals surface area contributed by atoms with Crippen molar-refractivity contribution < 1.29 is 34.1 Å². The number of ether oxygens (including phenoxy) is 1. The first-order valence-electron chi connectivity index (χ1n) is 8.86. The maximum Gasteiger partial charge on any atom is 0.408 e. The highest BCUT2D eigenvalue weighted by Gasteiger charge is 2.26. The molecule has 30 heavy (non-hydrogen) atoms. The molecule has 0 saturated heterocycles. The van der Waals surface area contributed by atoms with E-state index >= 15 is 0 Å². The van der Waals surface area contributed by atoms with Gasteiger partial charge in [0.15, 0.2) is 5.12 Å². The second kappa shape index (κ2) is 13.9. The standard InChI is InChI=1S/C16H21NO5S.C3H7NO2S/c1-16(2,3)22-15(21)17-12(14(19)20)9-13(18)23-10-11-7-5-4-6-8-11;4-2(1-7)3(5)6/h4-8,12H,9-10H2,1-3H3,(H,17,21)(H,19,20);2,7H,1,4H2,(H,5,6). The van der Waals surface area contributed by atoms with Crippen LogP contribution in [0, 0.1) is 0 Å². The van der Waals surface area contributed by atoms with Crippen LogP contribution >= 0.6 is 24.4 Å². The van der Waals surface area contributed by atoms with Crippen LogP contribution in [0.4, 0.5) is 4.79 Å². The molecule has 1 amide bonds. The summed E-state index contributed by atoms with van der Waals surface area (Å²) in [5.41, 5.74) is 5.17. The van der Waals surface area contributed by atoms with Crippen molar-refractivity contribution in [3.8, 4) is 0 Å². The Bertz CT molecular complexity index is 709. The Kier molecular flexibility index (Phi) is 12.8. The number of rotatable bonds is 8. The Morgan fingerprint density at radius 3 is 2.10 bits per heavy atom. The van der Waals surface area contributed by atoms with Crippen molar-refractivity contribution in [2.45, 2.75) is 50.6 Å². The van der Waals surface area contributed by atoms with Crippen molar-refractivity contribution in [1.82, 2.24) is 5.32 Å². The van der Waals surface area contributed by atoms with Crippen LogP contribution in [0.5, 0.6) is 0 Å². The van der Waals surface area contributed by atoms with E-state index in [1.54, 1.807) is 20.8 Å². The number of carbonyl (C=O) groups excluding carboxylic acids is 2. The fraction of sp³-hybridized carbons (Fsp3) is 0.474. The molecule has 0 aliphatic heterocycles. The van der Waals surface area contributed by atoms with Crippen molar-refractivity contribution in [1.29, 1.82) is 0 Å². The molecule has 0 heterocycles. The number of benzene rings is 1. The summed E-state index contributed by atoms with van der Waals surface area (Å²) in [5, 5.41) is 19.0. The molecule has 1 aromatic rings. The molecule has 0 bridgehead atoms. The lowest BCUT2D eigenvalue weighted by Gasteiger charge is -2.21. The Labute approximate surface area is 185 Å². The van der Waals surface area contributed by atoms with Crippen LogP contribution in [-0.2, 0) is 24.9 Å². The van der Waals surface area contributed by atoms with Crippen LogP contribution in [0.1, 0.15) is 32.8 Å². The largest absolute Gasteiger partial charge is 0.480 e. The number of alkyl carbamates (subject to hydrolysis) is 1. The van der Waals surface area contributed by atoms with Gasteiger partial charge in [-0.25, -0.2) is 9.59 Å². The normalized spacial score (nSPS) is 12.6. The third-order valence-electron chi connectivity index (χ3n) is 3.12. The summed E-state index contributed by atoms with van der Waals surface area (Å²) in [6.45, 7) is 5.01. The zero-order chi connectivity index (χ0) is 23.3. The first-order chi connectivity index (χ1) is 13.9. The molecule has 9 nitrogen and oxygen atoms in total.